The van der Waals surface area contributed by atoms with Gasteiger partial charge in [0.1, 0.15) is 0 Å². The molecule has 8 nitrogen and oxygen atoms in total. The second kappa shape index (κ2) is 9.08. The predicted molar refractivity (Wildman–Crippen MR) is 112 cm³/mol. The van der Waals surface area contributed by atoms with Crippen LogP contribution in [0.15, 0.2) is 36.4 Å². The number of morpholine rings is 1. The molecule has 0 radical (unpaired) electrons. The number of non-ortho nitro benzene ring substituents is 1. The summed E-state index contributed by atoms with van der Waals surface area (Å²) in [4.78, 5) is 10.5. The van der Waals surface area contributed by atoms with Crippen molar-refractivity contribution in [3.05, 3.63) is 68.2 Å². The predicted octanol–water partition coefficient (Wildman–Crippen LogP) is 3.33. The van der Waals surface area contributed by atoms with E-state index in [4.69, 9.17) is 16.3 Å². The van der Waals surface area contributed by atoms with Crippen LogP contribution in [0.5, 0.6) is 0 Å². The summed E-state index contributed by atoms with van der Waals surface area (Å²) in [5, 5.41) is 14.4. The molecule has 0 unspecified atom stereocenters. The minimum atomic E-state index is -3.45. The molecular formula is C19H22ClN3O5S. The van der Waals surface area contributed by atoms with Gasteiger partial charge in [-0.25, -0.2) is 8.42 Å². The van der Waals surface area contributed by atoms with E-state index in [0.29, 0.717) is 49.7 Å². The third-order valence-electron chi connectivity index (χ3n) is 4.76. The van der Waals surface area contributed by atoms with Crippen molar-refractivity contribution in [3.63, 3.8) is 0 Å². The first kappa shape index (κ1) is 21.5. The van der Waals surface area contributed by atoms with Gasteiger partial charge in [0.25, 0.3) is 5.69 Å². The Labute approximate surface area is 174 Å². The molecule has 1 aliphatic heterocycles. The molecule has 156 valence electrons. The van der Waals surface area contributed by atoms with Crippen LogP contribution in [0, 0.1) is 17.0 Å². The van der Waals surface area contributed by atoms with Crippen LogP contribution >= 0.6 is 11.6 Å². The Balaban J connectivity index is 1.77. The van der Waals surface area contributed by atoms with Gasteiger partial charge in [-0.1, -0.05) is 35.9 Å². The number of benzene rings is 2. The fraction of sp³-hybridized carbons (Fsp3) is 0.368. The Bertz CT molecular complexity index is 984. The summed E-state index contributed by atoms with van der Waals surface area (Å²) in [6, 6.07) is 10.0. The molecule has 1 N–H and O–H groups in total. The van der Waals surface area contributed by atoms with Crippen LogP contribution in [0.4, 0.5) is 11.4 Å². The van der Waals surface area contributed by atoms with Crippen LogP contribution in [0.3, 0.4) is 0 Å². The van der Waals surface area contributed by atoms with Crippen molar-refractivity contribution in [1.82, 2.24) is 4.31 Å². The van der Waals surface area contributed by atoms with Crippen LogP contribution in [-0.4, -0.2) is 43.9 Å². The molecule has 0 aliphatic carbocycles. The summed E-state index contributed by atoms with van der Waals surface area (Å²) in [5.41, 5.74) is 2.67. The third kappa shape index (κ3) is 5.24. The summed E-state index contributed by atoms with van der Waals surface area (Å²) in [5.74, 6) is -0.0994. The highest BCUT2D eigenvalue weighted by Crippen LogP contribution is 2.31. The van der Waals surface area contributed by atoms with Crippen molar-refractivity contribution in [3.8, 4) is 0 Å². The Morgan fingerprint density at radius 3 is 2.48 bits per heavy atom. The minimum absolute atomic E-state index is 0.0740. The molecule has 29 heavy (non-hydrogen) atoms. The Hall–Kier alpha value is -2.20. The molecule has 1 saturated heterocycles. The molecule has 3 rings (SSSR count). The Kier molecular flexibility index (Phi) is 6.74. The molecule has 1 aliphatic rings. The van der Waals surface area contributed by atoms with E-state index in [1.807, 2.05) is 12.1 Å². The van der Waals surface area contributed by atoms with E-state index in [9.17, 15) is 18.5 Å². The third-order valence-corrected chi connectivity index (χ3v) is 6.88. The maximum Gasteiger partial charge on any atom is 0.271 e. The van der Waals surface area contributed by atoms with Crippen molar-refractivity contribution in [2.45, 2.75) is 19.2 Å². The van der Waals surface area contributed by atoms with Gasteiger partial charge in [-0.15, -0.1) is 0 Å². The van der Waals surface area contributed by atoms with E-state index in [0.717, 1.165) is 5.56 Å². The molecule has 1 fully saturated rings. The number of aryl methyl sites for hydroxylation is 1. The summed E-state index contributed by atoms with van der Waals surface area (Å²) in [6.45, 7) is 3.60. The zero-order valence-electron chi connectivity index (χ0n) is 15.9. The summed E-state index contributed by atoms with van der Waals surface area (Å²) in [6.07, 6.45) is 0. The van der Waals surface area contributed by atoms with Crippen molar-refractivity contribution in [2.24, 2.45) is 0 Å². The lowest BCUT2D eigenvalue weighted by atomic mass is 10.1. The monoisotopic (exact) mass is 439 g/mol. The van der Waals surface area contributed by atoms with E-state index >= 15 is 0 Å². The fourth-order valence-corrected chi connectivity index (χ4v) is 5.11. The van der Waals surface area contributed by atoms with Gasteiger partial charge in [0, 0.05) is 31.8 Å². The highest BCUT2D eigenvalue weighted by atomic mass is 35.5. The largest absolute Gasteiger partial charge is 0.380 e. The van der Waals surface area contributed by atoms with Crippen LogP contribution < -0.4 is 5.32 Å². The maximum absolute atomic E-state index is 12.8. The van der Waals surface area contributed by atoms with E-state index in [1.54, 1.807) is 19.1 Å². The average molecular weight is 440 g/mol. The van der Waals surface area contributed by atoms with Crippen molar-refractivity contribution < 1.29 is 18.1 Å². The average Bonchev–Trinajstić information content (AvgIpc) is 2.68. The molecule has 10 heteroatoms. The molecule has 0 atom stereocenters. The van der Waals surface area contributed by atoms with Gasteiger partial charge < -0.3 is 10.1 Å². The van der Waals surface area contributed by atoms with Crippen LogP contribution in [-0.2, 0) is 27.1 Å². The lowest BCUT2D eigenvalue weighted by Gasteiger charge is -2.26. The zero-order chi connectivity index (χ0) is 21.0. The molecule has 1 heterocycles. The number of hydrogen-bond donors (Lipinski definition) is 1. The van der Waals surface area contributed by atoms with Gasteiger partial charge in [0.15, 0.2) is 0 Å². The number of nitrogens with one attached hydrogen (secondary N) is 1. The number of hydrogen-bond acceptors (Lipinski definition) is 6. The zero-order valence-corrected chi connectivity index (χ0v) is 17.5. The van der Waals surface area contributed by atoms with Crippen molar-refractivity contribution in [2.75, 3.05) is 31.6 Å². The first-order valence-corrected chi connectivity index (χ1v) is 11.1. The standard InChI is InChI=1S/C19H22ClN3O5S/c1-14-10-17(23(24)25)11-18(20)19(14)21-12-15-4-2-3-5-16(15)13-29(26,27)22-6-8-28-9-7-22/h2-5,10-11,21H,6-9,12-13H2,1H3. The molecule has 0 bridgehead atoms. The quantitative estimate of drug-likeness (QED) is 0.524. The number of ether oxygens (including phenoxy) is 1. The van der Waals surface area contributed by atoms with Crippen LogP contribution in [0.1, 0.15) is 16.7 Å². The maximum atomic E-state index is 12.8. The number of anilines is 1. The highest BCUT2D eigenvalue weighted by Gasteiger charge is 2.25. The lowest BCUT2D eigenvalue weighted by molar-refractivity contribution is -0.384. The second-order valence-electron chi connectivity index (χ2n) is 6.77. The van der Waals surface area contributed by atoms with Gasteiger partial charge >= 0.3 is 0 Å². The van der Waals surface area contributed by atoms with Crippen LogP contribution in [0.2, 0.25) is 5.02 Å². The fourth-order valence-electron chi connectivity index (χ4n) is 3.22. The molecule has 0 saturated carbocycles. The van der Waals surface area contributed by atoms with Gasteiger partial charge in [-0.3, -0.25) is 10.1 Å². The molecule has 0 amide bonds. The molecule has 0 aromatic heterocycles. The van der Waals surface area contributed by atoms with E-state index in [2.05, 4.69) is 5.32 Å². The SMILES string of the molecule is Cc1cc([N+](=O)[O-])cc(Cl)c1NCc1ccccc1CS(=O)(=O)N1CCOCC1. The van der Waals surface area contributed by atoms with Crippen molar-refractivity contribution >= 4 is 33.0 Å². The number of nitro groups is 1. The smallest absolute Gasteiger partial charge is 0.271 e. The van der Waals surface area contributed by atoms with Gasteiger partial charge in [0.05, 0.1) is 34.6 Å². The minimum Gasteiger partial charge on any atom is -0.380 e. The van der Waals surface area contributed by atoms with E-state index in [-0.39, 0.29) is 16.5 Å². The Morgan fingerprint density at radius 1 is 1.21 bits per heavy atom. The number of halogens is 1. The van der Waals surface area contributed by atoms with E-state index < -0.39 is 14.9 Å². The van der Waals surface area contributed by atoms with Gasteiger partial charge in [0.2, 0.25) is 10.0 Å². The number of nitrogens with zero attached hydrogens (tertiary/aromatic N) is 2. The molecule has 2 aromatic carbocycles. The first-order valence-electron chi connectivity index (χ1n) is 9.08. The number of rotatable bonds is 7. The lowest BCUT2D eigenvalue weighted by Crippen LogP contribution is -2.41. The molecule has 0 spiro atoms. The summed E-state index contributed by atoms with van der Waals surface area (Å²) in [7, 11) is -3.45. The van der Waals surface area contributed by atoms with Crippen LogP contribution in [0.25, 0.3) is 0 Å². The topological polar surface area (TPSA) is 102 Å². The summed E-state index contributed by atoms with van der Waals surface area (Å²) >= 11 is 6.21. The molecule has 2 aromatic rings. The van der Waals surface area contributed by atoms with Crippen molar-refractivity contribution in [1.29, 1.82) is 0 Å². The number of sulfonamides is 1. The summed E-state index contributed by atoms with van der Waals surface area (Å²) < 4.78 is 32.2. The van der Waals surface area contributed by atoms with Gasteiger partial charge in [-0.05, 0) is 23.6 Å². The Morgan fingerprint density at radius 2 is 1.86 bits per heavy atom. The van der Waals surface area contributed by atoms with E-state index in [1.165, 1.54) is 16.4 Å². The number of nitro benzene ring substituents is 1. The second-order valence-corrected chi connectivity index (χ2v) is 9.14. The highest BCUT2D eigenvalue weighted by molar-refractivity contribution is 7.88. The van der Waals surface area contributed by atoms with Gasteiger partial charge in [-0.2, -0.15) is 4.31 Å². The first-order chi connectivity index (χ1) is 13.8. The molecular weight excluding hydrogens is 418 g/mol. The normalized spacial score (nSPS) is 15.2.